The summed E-state index contributed by atoms with van der Waals surface area (Å²) in [6.45, 7) is 0. The van der Waals surface area contributed by atoms with Crippen LogP contribution in [0.4, 0.5) is 4.39 Å². The van der Waals surface area contributed by atoms with Crippen molar-refractivity contribution in [2.45, 2.75) is 12.8 Å². The third-order valence-electron chi connectivity index (χ3n) is 2.78. The fourth-order valence-electron chi connectivity index (χ4n) is 1.80. The van der Waals surface area contributed by atoms with E-state index in [-0.39, 0.29) is 12.2 Å². The van der Waals surface area contributed by atoms with E-state index in [1.54, 1.807) is 12.1 Å². The first-order valence-electron chi connectivity index (χ1n) is 5.57. The van der Waals surface area contributed by atoms with Gasteiger partial charge in [0.05, 0.1) is 0 Å². The molecule has 0 saturated carbocycles. The van der Waals surface area contributed by atoms with Crippen LogP contribution >= 0.6 is 0 Å². The van der Waals surface area contributed by atoms with Crippen molar-refractivity contribution in [1.82, 2.24) is 0 Å². The van der Waals surface area contributed by atoms with Crippen LogP contribution in [0.25, 0.3) is 10.8 Å². The van der Waals surface area contributed by atoms with Gasteiger partial charge >= 0.3 is 0 Å². The Morgan fingerprint density at radius 3 is 2.44 bits per heavy atom. The topological polar surface area (TPSA) is 60.2 Å². The van der Waals surface area contributed by atoms with Gasteiger partial charge in [-0.1, -0.05) is 24.3 Å². The van der Waals surface area contributed by atoms with Gasteiger partial charge < -0.3 is 5.73 Å². The number of primary amides is 1. The van der Waals surface area contributed by atoms with Crippen LogP contribution in [0.3, 0.4) is 0 Å². The molecule has 18 heavy (non-hydrogen) atoms. The summed E-state index contributed by atoms with van der Waals surface area (Å²) in [5.74, 6) is -1.76. The summed E-state index contributed by atoms with van der Waals surface area (Å²) in [5.41, 5.74) is 5.80. The first-order valence-corrected chi connectivity index (χ1v) is 5.57. The van der Waals surface area contributed by atoms with E-state index in [0.717, 1.165) is 16.3 Å². The molecule has 2 aromatic carbocycles. The molecule has 0 aromatic heterocycles. The minimum Gasteiger partial charge on any atom is -0.363 e. The number of carbonyl (C=O) groups is 2. The normalized spacial score (nSPS) is 10.5. The van der Waals surface area contributed by atoms with Gasteiger partial charge in [0.2, 0.25) is 5.78 Å². The highest BCUT2D eigenvalue weighted by molar-refractivity contribution is 6.35. The molecule has 1 amide bonds. The molecular weight excluding hydrogens is 233 g/mol. The van der Waals surface area contributed by atoms with E-state index in [4.69, 9.17) is 5.73 Å². The van der Waals surface area contributed by atoms with Crippen LogP contribution in [0.15, 0.2) is 36.4 Å². The number of amides is 1. The first kappa shape index (κ1) is 12.2. The molecule has 3 nitrogen and oxygen atoms in total. The molecule has 92 valence electrons. The van der Waals surface area contributed by atoms with Crippen LogP contribution in [0.2, 0.25) is 0 Å². The zero-order valence-electron chi connectivity index (χ0n) is 9.65. The van der Waals surface area contributed by atoms with Crippen LogP contribution in [-0.2, 0) is 16.0 Å². The van der Waals surface area contributed by atoms with Gasteiger partial charge in [0.1, 0.15) is 5.82 Å². The lowest BCUT2D eigenvalue weighted by Gasteiger charge is -2.03. The molecule has 0 aliphatic heterocycles. The molecule has 0 aliphatic rings. The van der Waals surface area contributed by atoms with E-state index in [9.17, 15) is 14.0 Å². The van der Waals surface area contributed by atoms with Gasteiger partial charge in [-0.05, 0) is 34.9 Å². The fourth-order valence-corrected chi connectivity index (χ4v) is 1.80. The van der Waals surface area contributed by atoms with Crippen molar-refractivity contribution in [3.63, 3.8) is 0 Å². The number of Topliss-reactive ketones (excluding diaryl/α,β-unsaturated/α-hetero) is 1. The summed E-state index contributed by atoms with van der Waals surface area (Å²) >= 11 is 0. The standard InChI is InChI=1S/C14H12FNO2/c15-12-5-4-10-7-9(1-3-11(10)8-12)2-6-13(17)14(16)18/h1,3-5,7-8H,2,6H2,(H2,16,18). The number of nitrogens with two attached hydrogens (primary N) is 1. The number of hydrogen-bond donors (Lipinski definition) is 1. The maximum atomic E-state index is 13.0. The molecule has 0 fully saturated rings. The van der Waals surface area contributed by atoms with Crippen molar-refractivity contribution >= 4 is 22.5 Å². The third kappa shape index (κ3) is 2.71. The highest BCUT2D eigenvalue weighted by atomic mass is 19.1. The summed E-state index contributed by atoms with van der Waals surface area (Å²) in [6.07, 6.45) is 0.553. The van der Waals surface area contributed by atoms with Crippen LogP contribution in [0.1, 0.15) is 12.0 Å². The van der Waals surface area contributed by atoms with Crippen molar-refractivity contribution in [2.75, 3.05) is 0 Å². The lowest BCUT2D eigenvalue weighted by Crippen LogP contribution is -2.23. The SMILES string of the molecule is NC(=O)C(=O)CCc1ccc2cc(F)ccc2c1. The predicted molar refractivity (Wildman–Crippen MR) is 66.4 cm³/mol. The van der Waals surface area contributed by atoms with E-state index in [1.165, 1.54) is 12.1 Å². The predicted octanol–water partition coefficient (Wildman–Crippen LogP) is 1.97. The number of hydrogen-bond acceptors (Lipinski definition) is 2. The number of carbonyl (C=O) groups excluding carboxylic acids is 2. The van der Waals surface area contributed by atoms with Crippen molar-refractivity contribution in [3.05, 3.63) is 47.8 Å². The Labute approximate surface area is 103 Å². The summed E-state index contributed by atoms with van der Waals surface area (Å²) in [6, 6.07) is 10.0. The Morgan fingerprint density at radius 1 is 1.06 bits per heavy atom. The van der Waals surface area contributed by atoms with Crippen LogP contribution in [0.5, 0.6) is 0 Å². The average Bonchev–Trinajstić information content (AvgIpc) is 2.35. The quantitative estimate of drug-likeness (QED) is 0.837. The van der Waals surface area contributed by atoms with Gasteiger partial charge in [0.25, 0.3) is 5.91 Å². The summed E-state index contributed by atoms with van der Waals surface area (Å²) in [4.78, 5) is 21.7. The molecule has 2 N–H and O–H groups in total. The van der Waals surface area contributed by atoms with Gasteiger partial charge in [-0.25, -0.2) is 4.39 Å². The lowest BCUT2D eigenvalue weighted by molar-refractivity contribution is -0.135. The Bertz CT molecular complexity index is 622. The second-order valence-corrected chi connectivity index (χ2v) is 4.11. The molecule has 0 atom stereocenters. The number of halogens is 1. The number of benzene rings is 2. The van der Waals surface area contributed by atoms with Crippen molar-refractivity contribution in [1.29, 1.82) is 0 Å². The van der Waals surface area contributed by atoms with Crippen molar-refractivity contribution in [2.24, 2.45) is 5.73 Å². The molecule has 0 aliphatic carbocycles. The molecular formula is C14H12FNO2. The largest absolute Gasteiger partial charge is 0.363 e. The molecule has 0 unspecified atom stereocenters. The van der Waals surface area contributed by atoms with E-state index in [2.05, 4.69) is 0 Å². The monoisotopic (exact) mass is 245 g/mol. The Hall–Kier alpha value is -2.23. The van der Waals surface area contributed by atoms with Crippen LogP contribution in [0, 0.1) is 5.82 Å². The summed E-state index contributed by atoms with van der Waals surface area (Å²) in [5, 5.41) is 1.71. The molecule has 4 heteroatoms. The van der Waals surface area contributed by atoms with E-state index < -0.39 is 11.7 Å². The summed E-state index contributed by atoms with van der Waals surface area (Å²) < 4.78 is 13.0. The summed E-state index contributed by atoms with van der Waals surface area (Å²) in [7, 11) is 0. The maximum absolute atomic E-state index is 13.0. The third-order valence-corrected chi connectivity index (χ3v) is 2.78. The molecule has 0 bridgehead atoms. The molecule has 0 saturated heterocycles. The van der Waals surface area contributed by atoms with Crippen LogP contribution < -0.4 is 5.73 Å². The second-order valence-electron chi connectivity index (χ2n) is 4.11. The number of aryl methyl sites for hydroxylation is 1. The maximum Gasteiger partial charge on any atom is 0.284 e. The van der Waals surface area contributed by atoms with Gasteiger partial charge in [-0.15, -0.1) is 0 Å². The molecule has 0 spiro atoms. The highest BCUT2D eigenvalue weighted by Gasteiger charge is 2.08. The second kappa shape index (κ2) is 4.96. The zero-order valence-corrected chi connectivity index (χ0v) is 9.65. The van der Waals surface area contributed by atoms with Gasteiger partial charge in [-0.3, -0.25) is 9.59 Å². The first-order chi connectivity index (χ1) is 8.56. The lowest BCUT2D eigenvalue weighted by atomic mass is 10.0. The molecule has 0 radical (unpaired) electrons. The number of ketones is 1. The highest BCUT2D eigenvalue weighted by Crippen LogP contribution is 2.18. The van der Waals surface area contributed by atoms with E-state index in [0.29, 0.717) is 6.42 Å². The van der Waals surface area contributed by atoms with E-state index in [1.807, 2.05) is 12.1 Å². The Balaban J connectivity index is 2.18. The van der Waals surface area contributed by atoms with E-state index >= 15 is 0 Å². The fraction of sp³-hybridized carbons (Fsp3) is 0.143. The number of rotatable bonds is 4. The number of fused-ring (bicyclic) bond motifs is 1. The zero-order chi connectivity index (χ0) is 13.1. The molecule has 0 heterocycles. The minimum absolute atomic E-state index is 0.0992. The van der Waals surface area contributed by atoms with Crippen LogP contribution in [-0.4, -0.2) is 11.7 Å². The van der Waals surface area contributed by atoms with Crippen molar-refractivity contribution in [3.8, 4) is 0 Å². The minimum atomic E-state index is -0.905. The van der Waals surface area contributed by atoms with Gasteiger partial charge in [0, 0.05) is 6.42 Å². The molecule has 2 rings (SSSR count). The smallest absolute Gasteiger partial charge is 0.284 e. The average molecular weight is 245 g/mol. The van der Waals surface area contributed by atoms with Gasteiger partial charge in [-0.2, -0.15) is 0 Å². The van der Waals surface area contributed by atoms with Gasteiger partial charge in [0.15, 0.2) is 0 Å². The molecule has 2 aromatic rings. The Kier molecular flexibility index (Phi) is 3.37. The Morgan fingerprint density at radius 2 is 1.72 bits per heavy atom. The van der Waals surface area contributed by atoms with Crippen molar-refractivity contribution < 1.29 is 14.0 Å².